The summed E-state index contributed by atoms with van der Waals surface area (Å²) >= 11 is 7.06. The molecule has 1 heterocycles. The number of nitrogens with zero attached hydrogens (tertiary/aromatic N) is 3. The van der Waals surface area contributed by atoms with E-state index in [1.54, 1.807) is 0 Å². The lowest BCUT2D eigenvalue weighted by Gasteiger charge is -2.09. The summed E-state index contributed by atoms with van der Waals surface area (Å²) in [6, 6.07) is 16.3. The monoisotopic (exact) mass is 647 g/mol. The Bertz CT molecular complexity index is 1210. The lowest BCUT2D eigenvalue weighted by Crippen LogP contribution is -2.02. The first-order valence-corrected chi connectivity index (χ1v) is 16.1. The lowest BCUT2D eigenvalue weighted by molar-refractivity contribution is 0.556. The van der Waals surface area contributed by atoms with Crippen LogP contribution in [0.25, 0.3) is 28.3 Å². The van der Waals surface area contributed by atoms with Gasteiger partial charge in [-0.1, -0.05) is 145 Å². The van der Waals surface area contributed by atoms with Crippen LogP contribution in [0.4, 0.5) is 0 Å². The Labute approximate surface area is 251 Å². The molecule has 0 saturated carbocycles. The molecular weight excluding hydrogens is 610 g/mol. The highest BCUT2D eigenvalue weighted by atomic mass is 79.9. The summed E-state index contributed by atoms with van der Waals surface area (Å²) in [4.78, 5) is 14.7. The number of allylic oxidation sites excluding steroid dienone is 6. The van der Waals surface area contributed by atoms with E-state index in [0.717, 1.165) is 44.3 Å². The molecule has 0 atom stereocenters. The van der Waals surface area contributed by atoms with Crippen LogP contribution in [-0.2, 0) is 0 Å². The number of hydrogen-bond acceptors (Lipinski definition) is 3. The predicted octanol–water partition coefficient (Wildman–Crippen LogP) is 11.3. The molecule has 0 aliphatic heterocycles. The van der Waals surface area contributed by atoms with E-state index >= 15 is 0 Å². The van der Waals surface area contributed by atoms with E-state index in [1.165, 1.54) is 69.8 Å². The Hall–Kier alpha value is -2.37. The maximum absolute atomic E-state index is 4.92. The first-order valence-electron chi connectivity index (χ1n) is 14.5. The second-order valence-corrected chi connectivity index (χ2v) is 12.1. The predicted molar refractivity (Wildman–Crippen MR) is 172 cm³/mol. The molecule has 39 heavy (non-hydrogen) atoms. The maximum Gasteiger partial charge on any atom is 0.164 e. The van der Waals surface area contributed by atoms with Crippen LogP contribution in [0.15, 0.2) is 87.4 Å². The Balaban J connectivity index is 1.43. The molecule has 204 valence electrons. The molecule has 4 rings (SSSR count). The van der Waals surface area contributed by atoms with Crippen molar-refractivity contribution in [1.29, 1.82) is 0 Å². The van der Waals surface area contributed by atoms with Crippen molar-refractivity contribution >= 4 is 37.4 Å². The van der Waals surface area contributed by atoms with E-state index < -0.39 is 0 Å². The number of rotatable bonds is 14. The molecule has 3 nitrogen and oxygen atoms in total. The molecule has 0 amide bonds. The fraction of sp³-hybridized carbons (Fsp3) is 0.382. The van der Waals surface area contributed by atoms with Crippen molar-refractivity contribution in [3.05, 3.63) is 93.2 Å². The topological polar surface area (TPSA) is 38.7 Å². The van der Waals surface area contributed by atoms with Crippen molar-refractivity contribution in [3.8, 4) is 22.8 Å². The number of unbranched alkanes of at least 4 members (excludes halogenated alkanes) is 9. The number of halogens is 2. The largest absolute Gasteiger partial charge is 0.209 e. The zero-order valence-corrected chi connectivity index (χ0v) is 26.2. The number of hydrogen-bond donors (Lipinski definition) is 0. The summed E-state index contributed by atoms with van der Waals surface area (Å²) in [6.45, 7) is 2.28. The van der Waals surface area contributed by atoms with E-state index in [9.17, 15) is 0 Å². The molecule has 0 spiro atoms. The van der Waals surface area contributed by atoms with Gasteiger partial charge in [-0.3, -0.25) is 0 Å². The summed E-state index contributed by atoms with van der Waals surface area (Å²) in [5.74, 6) is 2.12. The van der Waals surface area contributed by atoms with Gasteiger partial charge in [-0.2, -0.15) is 0 Å². The molecule has 0 N–H and O–H groups in total. The molecular formula is C34H39Br2N3. The zero-order valence-electron chi connectivity index (χ0n) is 23.0. The first kappa shape index (κ1) is 29.6. The van der Waals surface area contributed by atoms with E-state index in [1.807, 2.05) is 48.5 Å². The average Bonchev–Trinajstić information content (AvgIpc) is 3.20. The van der Waals surface area contributed by atoms with Gasteiger partial charge in [-0.25, -0.2) is 15.0 Å². The molecule has 0 unspecified atom stereocenters. The Morgan fingerprint density at radius 1 is 0.590 bits per heavy atom. The van der Waals surface area contributed by atoms with Crippen molar-refractivity contribution in [2.24, 2.45) is 0 Å². The molecule has 1 aliphatic rings. The van der Waals surface area contributed by atoms with Gasteiger partial charge in [0.15, 0.2) is 17.5 Å². The smallest absolute Gasteiger partial charge is 0.164 e. The van der Waals surface area contributed by atoms with Gasteiger partial charge in [0.2, 0.25) is 0 Å². The lowest BCUT2D eigenvalue weighted by atomic mass is 10.0. The SMILES string of the molecule is CCCCCCCCCCCCC1=CC=C(c2nc(-c3ccc(Br)cc3)nc(-c3ccc(Br)cc3)n2)CC=C1. The van der Waals surface area contributed by atoms with Gasteiger partial charge in [0, 0.05) is 25.6 Å². The van der Waals surface area contributed by atoms with Crippen molar-refractivity contribution in [2.45, 2.75) is 84.0 Å². The molecule has 0 radical (unpaired) electrons. The normalized spacial score (nSPS) is 13.2. The van der Waals surface area contributed by atoms with Gasteiger partial charge in [-0.05, 0) is 49.1 Å². The summed E-state index contributed by atoms with van der Waals surface area (Å²) in [7, 11) is 0. The number of aromatic nitrogens is 3. The van der Waals surface area contributed by atoms with Gasteiger partial charge in [0.05, 0.1) is 0 Å². The van der Waals surface area contributed by atoms with E-state index in [-0.39, 0.29) is 0 Å². The highest BCUT2D eigenvalue weighted by molar-refractivity contribution is 9.10. The third kappa shape index (κ3) is 9.65. The fourth-order valence-corrected chi connectivity index (χ4v) is 5.32. The second kappa shape index (κ2) is 16.0. The van der Waals surface area contributed by atoms with Crippen LogP contribution in [0.5, 0.6) is 0 Å². The van der Waals surface area contributed by atoms with Crippen LogP contribution in [0.1, 0.15) is 89.8 Å². The molecule has 5 heteroatoms. The minimum Gasteiger partial charge on any atom is -0.209 e. The van der Waals surface area contributed by atoms with Crippen LogP contribution in [0.2, 0.25) is 0 Å². The van der Waals surface area contributed by atoms with Crippen LogP contribution < -0.4 is 0 Å². The van der Waals surface area contributed by atoms with Crippen LogP contribution in [-0.4, -0.2) is 15.0 Å². The van der Waals surface area contributed by atoms with Crippen molar-refractivity contribution in [3.63, 3.8) is 0 Å². The molecule has 2 aromatic carbocycles. The summed E-state index contributed by atoms with van der Waals surface area (Å²) in [6.07, 6.45) is 24.6. The first-order chi connectivity index (χ1) is 19.1. The van der Waals surface area contributed by atoms with Gasteiger partial charge in [0.1, 0.15) is 0 Å². The molecule has 0 saturated heterocycles. The van der Waals surface area contributed by atoms with Crippen LogP contribution in [0.3, 0.4) is 0 Å². The zero-order chi connectivity index (χ0) is 27.3. The van der Waals surface area contributed by atoms with Gasteiger partial charge >= 0.3 is 0 Å². The standard InChI is InChI=1S/C34H39Br2N3/c1-2-3-4-5-6-7-8-9-10-11-13-26-14-12-15-27(17-16-26)32-37-33(28-18-22-30(35)23-19-28)39-34(38-32)29-20-24-31(36)25-21-29/h12,14,16-25H,2-11,13,15H2,1H3. The highest BCUT2D eigenvalue weighted by Gasteiger charge is 2.14. The Kier molecular flexibility index (Phi) is 12.2. The minimum absolute atomic E-state index is 0.689. The molecule has 1 aromatic heterocycles. The van der Waals surface area contributed by atoms with Gasteiger partial charge in [-0.15, -0.1) is 0 Å². The maximum atomic E-state index is 4.92. The summed E-state index contributed by atoms with van der Waals surface area (Å²) < 4.78 is 2.07. The van der Waals surface area contributed by atoms with E-state index in [4.69, 9.17) is 15.0 Å². The highest BCUT2D eigenvalue weighted by Crippen LogP contribution is 2.28. The van der Waals surface area contributed by atoms with Crippen LogP contribution >= 0.6 is 31.9 Å². The van der Waals surface area contributed by atoms with Crippen molar-refractivity contribution in [2.75, 3.05) is 0 Å². The third-order valence-electron chi connectivity index (χ3n) is 7.11. The van der Waals surface area contributed by atoms with E-state index in [0.29, 0.717) is 11.6 Å². The van der Waals surface area contributed by atoms with Crippen molar-refractivity contribution in [1.82, 2.24) is 15.0 Å². The second-order valence-electron chi connectivity index (χ2n) is 10.3. The Morgan fingerprint density at radius 3 is 1.62 bits per heavy atom. The Morgan fingerprint density at radius 2 is 1.08 bits per heavy atom. The number of benzene rings is 2. The summed E-state index contributed by atoms with van der Waals surface area (Å²) in [5, 5.41) is 0. The molecule has 0 bridgehead atoms. The van der Waals surface area contributed by atoms with Gasteiger partial charge < -0.3 is 0 Å². The average molecular weight is 650 g/mol. The van der Waals surface area contributed by atoms with E-state index in [2.05, 4.69) is 63.1 Å². The fourth-order valence-electron chi connectivity index (χ4n) is 4.79. The molecule has 1 aliphatic carbocycles. The summed E-state index contributed by atoms with van der Waals surface area (Å²) in [5.41, 5.74) is 4.45. The van der Waals surface area contributed by atoms with Crippen molar-refractivity contribution < 1.29 is 0 Å². The molecule has 0 fully saturated rings. The third-order valence-corrected chi connectivity index (χ3v) is 8.17. The van der Waals surface area contributed by atoms with Crippen LogP contribution in [0, 0.1) is 0 Å². The minimum atomic E-state index is 0.689. The quantitative estimate of drug-likeness (QED) is 0.163. The van der Waals surface area contributed by atoms with Gasteiger partial charge in [0.25, 0.3) is 0 Å². The molecule has 3 aromatic rings.